The van der Waals surface area contributed by atoms with Gasteiger partial charge in [0.1, 0.15) is 0 Å². The number of carbonyl (C=O) groups excluding carboxylic acids is 1. The summed E-state index contributed by atoms with van der Waals surface area (Å²) in [5, 5.41) is 12.7. The first-order chi connectivity index (χ1) is 8.97. The lowest BCUT2D eigenvalue weighted by Gasteiger charge is -2.14. The third-order valence-electron chi connectivity index (χ3n) is 2.12. The van der Waals surface area contributed by atoms with Gasteiger partial charge < -0.3 is 10.8 Å². The van der Waals surface area contributed by atoms with Gasteiger partial charge in [0.25, 0.3) is 0 Å². The zero-order valence-corrected chi connectivity index (χ0v) is 11.5. The zero-order chi connectivity index (χ0) is 14.0. The van der Waals surface area contributed by atoms with E-state index in [0.717, 1.165) is 0 Å². The topological polar surface area (TPSA) is 109 Å². The molecule has 0 aromatic carbocycles. The van der Waals surface area contributed by atoms with Gasteiger partial charge in [-0.3, -0.25) is 9.59 Å². The average Bonchev–Trinajstić information content (AvgIpc) is 2.88. The van der Waals surface area contributed by atoms with E-state index in [-0.39, 0.29) is 12.3 Å². The molecule has 100 valence electrons. The molecule has 0 atom stereocenters. The molecule has 2 aromatic heterocycles. The van der Waals surface area contributed by atoms with Crippen molar-refractivity contribution < 1.29 is 14.7 Å². The summed E-state index contributed by atoms with van der Waals surface area (Å²) in [5.74, 6) is -0.836. The number of carboxylic acid groups (broad SMARTS) is 1. The third-order valence-corrected chi connectivity index (χ3v) is 3.65. The van der Waals surface area contributed by atoms with Crippen LogP contribution < -0.4 is 10.6 Å². The number of carboxylic acids is 1. The molecule has 2 heterocycles. The van der Waals surface area contributed by atoms with Crippen molar-refractivity contribution in [2.24, 2.45) is 0 Å². The molecule has 7 nitrogen and oxygen atoms in total. The standard InChI is InChI=1S/C10H10N4O3S2/c1-5(15)14(7-4-18-9(11)13-7)10-12-6(3-19-10)2-8(16)17/h3-4H,2H2,1H3,(H2,11,13)(H,16,17). The minimum Gasteiger partial charge on any atom is -0.481 e. The summed E-state index contributed by atoms with van der Waals surface area (Å²) >= 11 is 2.40. The maximum atomic E-state index is 11.7. The Labute approximate surface area is 116 Å². The molecule has 0 saturated heterocycles. The van der Waals surface area contributed by atoms with Crippen LogP contribution in [-0.2, 0) is 16.0 Å². The van der Waals surface area contributed by atoms with E-state index in [2.05, 4.69) is 9.97 Å². The van der Waals surface area contributed by atoms with Crippen LogP contribution in [0.3, 0.4) is 0 Å². The van der Waals surface area contributed by atoms with E-state index in [1.54, 1.807) is 10.8 Å². The lowest BCUT2D eigenvalue weighted by molar-refractivity contribution is -0.136. The summed E-state index contributed by atoms with van der Waals surface area (Å²) in [5.41, 5.74) is 5.95. The molecular weight excluding hydrogens is 288 g/mol. The Morgan fingerprint density at radius 2 is 2.11 bits per heavy atom. The Morgan fingerprint density at radius 3 is 2.63 bits per heavy atom. The molecule has 0 saturated carbocycles. The van der Waals surface area contributed by atoms with E-state index in [4.69, 9.17) is 10.8 Å². The molecule has 0 fully saturated rings. The Hall–Kier alpha value is -2.00. The molecule has 2 rings (SSSR count). The minimum atomic E-state index is -0.968. The largest absolute Gasteiger partial charge is 0.481 e. The van der Waals surface area contributed by atoms with Crippen molar-refractivity contribution in [2.75, 3.05) is 10.6 Å². The van der Waals surface area contributed by atoms with Gasteiger partial charge in [0.15, 0.2) is 16.1 Å². The minimum absolute atomic E-state index is 0.179. The number of aromatic nitrogens is 2. The molecule has 3 N–H and O–H groups in total. The molecule has 2 aromatic rings. The first-order valence-electron chi connectivity index (χ1n) is 5.15. The molecule has 0 unspecified atom stereocenters. The third kappa shape index (κ3) is 3.06. The highest BCUT2D eigenvalue weighted by molar-refractivity contribution is 7.14. The number of rotatable bonds is 4. The van der Waals surface area contributed by atoms with Crippen LogP contribution in [0, 0.1) is 0 Å². The highest BCUT2D eigenvalue weighted by Gasteiger charge is 2.20. The Morgan fingerprint density at radius 1 is 1.37 bits per heavy atom. The van der Waals surface area contributed by atoms with Gasteiger partial charge in [0, 0.05) is 17.7 Å². The van der Waals surface area contributed by atoms with Crippen LogP contribution in [0.25, 0.3) is 0 Å². The highest BCUT2D eigenvalue weighted by atomic mass is 32.1. The summed E-state index contributed by atoms with van der Waals surface area (Å²) in [4.78, 5) is 31.8. The molecule has 0 spiro atoms. The number of aliphatic carboxylic acids is 1. The number of nitrogen functional groups attached to an aromatic ring is 1. The number of hydrogen-bond donors (Lipinski definition) is 2. The van der Waals surface area contributed by atoms with E-state index >= 15 is 0 Å². The van der Waals surface area contributed by atoms with Gasteiger partial charge in [-0.05, 0) is 0 Å². The van der Waals surface area contributed by atoms with E-state index in [1.807, 2.05) is 0 Å². The van der Waals surface area contributed by atoms with Crippen molar-refractivity contribution >= 4 is 50.6 Å². The number of carbonyl (C=O) groups is 2. The SMILES string of the molecule is CC(=O)N(c1csc(N)n1)c1nc(CC(=O)O)cs1. The summed E-state index contributed by atoms with van der Waals surface area (Å²) < 4.78 is 0. The predicted octanol–water partition coefficient (Wildman–Crippen LogP) is 1.49. The number of hydrogen-bond acceptors (Lipinski definition) is 7. The molecule has 19 heavy (non-hydrogen) atoms. The maximum Gasteiger partial charge on any atom is 0.309 e. The second-order valence-electron chi connectivity index (χ2n) is 3.59. The fourth-order valence-corrected chi connectivity index (χ4v) is 2.82. The molecule has 0 aliphatic rings. The van der Waals surface area contributed by atoms with Gasteiger partial charge >= 0.3 is 5.97 Å². The summed E-state index contributed by atoms with van der Waals surface area (Å²) in [6.45, 7) is 1.38. The van der Waals surface area contributed by atoms with Gasteiger partial charge in [-0.15, -0.1) is 22.7 Å². The molecule has 0 aliphatic heterocycles. The van der Waals surface area contributed by atoms with Crippen LogP contribution in [0.4, 0.5) is 16.1 Å². The van der Waals surface area contributed by atoms with Crippen molar-refractivity contribution in [1.82, 2.24) is 9.97 Å². The zero-order valence-electron chi connectivity index (χ0n) is 9.86. The number of nitrogens with zero attached hydrogens (tertiary/aromatic N) is 3. The van der Waals surface area contributed by atoms with Crippen LogP contribution in [0.1, 0.15) is 12.6 Å². The van der Waals surface area contributed by atoms with E-state index in [1.165, 1.54) is 34.5 Å². The summed E-state index contributed by atoms with van der Waals surface area (Å²) in [6, 6.07) is 0. The lowest BCUT2D eigenvalue weighted by atomic mass is 10.3. The predicted molar refractivity (Wildman–Crippen MR) is 72.8 cm³/mol. The van der Waals surface area contributed by atoms with Gasteiger partial charge in [-0.1, -0.05) is 0 Å². The molecular formula is C10H10N4O3S2. The fourth-order valence-electron chi connectivity index (χ4n) is 1.41. The maximum absolute atomic E-state index is 11.7. The number of nitrogens with two attached hydrogens (primary N) is 1. The van der Waals surface area contributed by atoms with E-state index < -0.39 is 5.97 Å². The van der Waals surface area contributed by atoms with Crippen LogP contribution in [0.2, 0.25) is 0 Å². The van der Waals surface area contributed by atoms with E-state index in [0.29, 0.717) is 21.8 Å². The van der Waals surface area contributed by atoms with Crippen molar-refractivity contribution in [3.05, 3.63) is 16.5 Å². The summed E-state index contributed by atoms with van der Waals surface area (Å²) in [6.07, 6.45) is -0.179. The van der Waals surface area contributed by atoms with Crippen molar-refractivity contribution in [3.63, 3.8) is 0 Å². The molecule has 0 bridgehead atoms. The van der Waals surface area contributed by atoms with Crippen LogP contribution in [0.15, 0.2) is 10.8 Å². The van der Waals surface area contributed by atoms with Crippen molar-refractivity contribution in [2.45, 2.75) is 13.3 Å². The Balaban J connectivity index is 2.32. The smallest absolute Gasteiger partial charge is 0.309 e. The number of amides is 1. The van der Waals surface area contributed by atoms with Crippen molar-refractivity contribution in [1.29, 1.82) is 0 Å². The van der Waals surface area contributed by atoms with Gasteiger partial charge in [-0.2, -0.15) is 0 Å². The average molecular weight is 298 g/mol. The molecule has 0 aliphatic carbocycles. The highest BCUT2D eigenvalue weighted by Crippen LogP contribution is 2.30. The first-order valence-corrected chi connectivity index (χ1v) is 6.91. The second kappa shape index (κ2) is 5.33. The van der Waals surface area contributed by atoms with Crippen LogP contribution in [-0.4, -0.2) is 27.0 Å². The van der Waals surface area contributed by atoms with Crippen molar-refractivity contribution in [3.8, 4) is 0 Å². The lowest BCUT2D eigenvalue weighted by Crippen LogP contribution is -2.23. The quantitative estimate of drug-likeness (QED) is 0.885. The number of anilines is 3. The molecule has 0 radical (unpaired) electrons. The molecule has 9 heteroatoms. The monoisotopic (exact) mass is 298 g/mol. The van der Waals surface area contributed by atoms with Gasteiger partial charge in [-0.25, -0.2) is 14.9 Å². The number of thiazole rings is 2. The first kappa shape index (κ1) is 13.4. The van der Waals surface area contributed by atoms with Crippen LogP contribution >= 0.6 is 22.7 Å². The van der Waals surface area contributed by atoms with E-state index in [9.17, 15) is 9.59 Å². The van der Waals surface area contributed by atoms with Gasteiger partial charge in [0.05, 0.1) is 12.1 Å². The van der Waals surface area contributed by atoms with Crippen LogP contribution in [0.5, 0.6) is 0 Å². The fraction of sp³-hybridized carbons (Fsp3) is 0.200. The summed E-state index contributed by atoms with van der Waals surface area (Å²) in [7, 11) is 0. The second-order valence-corrected chi connectivity index (χ2v) is 5.32. The molecule has 1 amide bonds. The van der Waals surface area contributed by atoms with Gasteiger partial charge in [0.2, 0.25) is 5.91 Å². The Bertz CT molecular complexity index is 622. The Kier molecular flexibility index (Phi) is 3.76. The normalized spacial score (nSPS) is 10.4.